The second-order valence-electron chi connectivity index (χ2n) is 4.66. The molecule has 2 heterocycles. The minimum Gasteiger partial charge on any atom is -0.456 e. The number of pyridine rings is 2. The van der Waals surface area contributed by atoms with Gasteiger partial charge in [-0.25, -0.2) is 0 Å². The van der Waals surface area contributed by atoms with Crippen molar-refractivity contribution in [2.24, 2.45) is 5.10 Å². The van der Waals surface area contributed by atoms with E-state index in [0.717, 1.165) is 0 Å². The molecule has 0 radical (unpaired) electrons. The summed E-state index contributed by atoms with van der Waals surface area (Å²) >= 11 is 0. The van der Waals surface area contributed by atoms with Gasteiger partial charge < -0.3 is 15.1 Å². The van der Waals surface area contributed by atoms with Gasteiger partial charge in [0, 0.05) is 32.6 Å². The number of carbonyl (C=O) groups excluding carboxylic acids is 1. The van der Waals surface area contributed by atoms with E-state index in [1.165, 1.54) is 12.3 Å². The fraction of sp³-hybridized carbons (Fsp3) is 0.125. The fourth-order valence-electron chi connectivity index (χ4n) is 1.66. The molecule has 1 amide bonds. The van der Waals surface area contributed by atoms with Crippen molar-refractivity contribution in [2.45, 2.75) is 0 Å². The van der Waals surface area contributed by atoms with E-state index >= 15 is 0 Å². The van der Waals surface area contributed by atoms with Gasteiger partial charge in [-0.3, -0.25) is 14.8 Å². The van der Waals surface area contributed by atoms with Gasteiger partial charge in [0.15, 0.2) is 5.84 Å². The van der Waals surface area contributed by atoms with Gasteiger partial charge in [-0.05, 0) is 24.3 Å². The van der Waals surface area contributed by atoms with Gasteiger partial charge in [-0.15, -0.1) is 0 Å². The molecule has 0 unspecified atom stereocenters. The van der Waals surface area contributed by atoms with Crippen molar-refractivity contribution in [2.75, 3.05) is 14.1 Å². The molecule has 118 valence electrons. The molecule has 0 aliphatic heterocycles. The van der Waals surface area contributed by atoms with Crippen LogP contribution in [0.4, 0.5) is 0 Å². The Balaban J connectivity index is 2.12. The van der Waals surface area contributed by atoms with Crippen LogP contribution in [0.15, 0.2) is 60.6 Å². The molecule has 7 nitrogen and oxygen atoms in total. The first-order chi connectivity index (χ1) is 11.1. The number of rotatable bonds is 5. The second kappa shape index (κ2) is 7.69. The molecule has 2 aromatic rings. The topological polar surface area (TPSA) is 79.7 Å². The monoisotopic (exact) mass is 311 g/mol. The molecule has 0 fully saturated rings. The van der Waals surface area contributed by atoms with Crippen molar-refractivity contribution in [1.29, 1.82) is 0 Å². The number of amides is 1. The van der Waals surface area contributed by atoms with Gasteiger partial charge in [-0.2, -0.15) is 5.10 Å². The summed E-state index contributed by atoms with van der Waals surface area (Å²) in [5.74, 6) is 0.997. The number of hydrogen-bond donors (Lipinski definition) is 1. The summed E-state index contributed by atoms with van der Waals surface area (Å²) in [6.07, 6.45) is 6.18. The Morgan fingerprint density at radius 1 is 1.35 bits per heavy atom. The number of ether oxygens (including phenoxy) is 1. The van der Waals surface area contributed by atoms with E-state index in [2.05, 4.69) is 27.0 Å². The maximum Gasteiger partial charge on any atom is 0.275 e. The third kappa shape index (κ3) is 4.92. The van der Waals surface area contributed by atoms with Gasteiger partial charge >= 0.3 is 0 Å². The van der Waals surface area contributed by atoms with Gasteiger partial charge in [0.1, 0.15) is 17.2 Å². The van der Waals surface area contributed by atoms with Crippen LogP contribution in [0.5, 0.6) is 11.5 Å². The Labute approximate surface area is 134 Å². The fourth-order valence-corrected chi connectivity index (χ4v) is 1.66. The molecular formula is C16H17N5O2. The molecule has 1 N–H and O–H groups in total. The first kappa shape index (κ1) is 16.2. The zero-order valence-electron chi connectivity index (χ0n) is 12.9. The van der Waals surface area contributed by atoms with Gasteiger partial charge in [0.05, 0.1) is 6.20 Å². The van der Waals surface area contributed by atoms with Gasteiger partial charge in [0.25, 0.3) is 5.91 Å². The third-order valence-corrected chi connectivity index (χ3v) is 2.58. The highest BCUT2D eigenvalue weighted by Crippen LogP contribution is 2.19. The van der Waals surface area contributed by atoms with Gasteiger partial charge in [0.2, 0.25) is 0 Å². The van der Waals surface area contributed by atoms with Crippen molar-refractivity contribution in [1.82, 2.24) is 20.3 Å². The Morgan fingerprint density at radius 2 is 2.17 bits per heavy atom. The smallest absolute Gasteiger partial charge is 0.275 e. The van der Waals surface area contributed by atoms with Crippen molar-refractivity contribution in [3.63, 3.8) is 0 Å². The van der Waals surface area contributed by atoms with Crippen LogP contribution in [-0.4, -0.2) is 40.8 Å². The summed E-state index contributed by atoms with van der Waals surface area (Å²) in [7, 11) is 3.49. The number of hydrogen-bond acceptors (Lipinski definition) is 6. The lowest BCUT2D eigenvalue weighted by molar-refractivity contribution is 0.0971. The highest BCUT2D eigenvalue weighted by Gasteiger charge is 2.10. The van der Waals surface area contributed by atoms with Crippen LogP contribution in [-0.2, 0) is 0 Å². The first-order valence-electron chi connectivity index (χ1n) is 6.82. The van der Waals surface area contributed by atoms with Crippen molar-refractivity contribution < 1.29 is 9.53 Å². The molecule has 0 saturated heterocycles. The SMILES string of the molecule is C=C/C(=N\N(C)C)NC(=O)c1cc(Oc2cccnc2)ccn1. The third-order valence-electron chi connectivity index (χ3n) is 2.58. The number of aromatic nitrogens is 2. The van der Waals surface area contributed by atoms with Crippen LogP contribution < -0.4 is 10.1 Å². The molecule has 23 heavy (non-hydrogen) atoms. The van der Waals surface area contributed by atoms with E-state index in [9.17, 15) is 4.79 Å². The van der Waals surface area contributed by atoms with E-state index in [-0.39, 0.29) is 5.69 Å². The van der Waals surface area contributed by atoms with Crippen molar-refractivity contribution in [3.8, 4) is 11.5 Å². The summed E-state index contributed by atoms with van der Waals surface area (Å²) in [5.41, 5.74) is 0.208. The average Bonchev–Trinajstić information content (AvgIpc) is 2.55. The average molecular weight is 311 g/mol. The Hall–Kier alpha value is -3.22. The largest absolute Gasteiger partial charge is 0.456 e. The number of amidine groups is 1. The summed E-state index contributed by atoms with van der Waals surface area (Å²) in [5, 5.41) is 8.27. The van der Waals surface area contributed by atoms with Crippen LogP contribution in [0.25, 0.3) is 0 Å². The number of hydrazone groups is 1. The molecule has 7 heteroatoms. The summed E-state index contributed by atoms with van der Waals surface area (Å²) in [6, 6.07) is 6.73. The highest BCUT2D eigenvalue weighted by atomic mass is 16.5. The lowest BCUT2D eigenvalue weighted by Gasteiger charge is -2.09. The van der Waals surface area contributed by atoms with Crippen LogP contribution in [0.1, 0.15) is 10.5 Å². The van der Waals surface area contributed by atoms with E-state index in [0.29, 0.717) is 17.3 Å². The van der Waals surface area contributed by atoms with Gasteiger partial charge in [-0.1, -0.05) is 6.58 Å². The quantitative estimate of drug-likeness (QED) is 0.519. The van der Waals surface area contributed by atoms with Crippen LogP contribution in [0, 0.1) is 0 Å². The predicted molar refractivity (Wildman–Crippen MR) is 87.3 cm³/mol. The first-order valence-corrected chi connectivity index (χ1v) is 6.82. The van der Waals surface area contributed by atoms with Crippen LogP contribution in [0.3, 0.4) is 0 Å². The number of nitrogens with zero attached hydrogens (tertiary/aromatic N) is 4. The van der Waals surface area contributed by atoms with Crippen molar-refractivity contribution in [3.05, 3.63) is 61.2 Å². The zero-order valence-corrected chi connectivity index (χ0v) is 12.9. The van der Waals surface area contributed by atoms with Crippen LogP contribution >= 0.6 is 0 Å². The molecular weight excluding hydrogens is 294 g/mol. The molecule has 0 aromatic carbocycles. The minimum atomic E-state index is -0.401. The summed E-state index contributed by atoms with van der Waals surface area (Å²) in [4.78, 5) is 20.2. The van der Waals surface area contributed by atoms with Crippen LogP contribution in [0.2, 0.25) is 0 Å². The molecule has 2 rings (SSSR count). The summed E-state index contributed by atoms with van der Waals surface area (Å²) in [6.45, 7) is 3.61. The zero-order chi connectivity index (χ0) is 16.7. The van der Waals surface area contributed by atoms with E-state index in [1.807, 2.05) is 0 Å². The van der Waals surface area contributed by atoms with E-state index in [1.54, 1.807) is 55.8 Å². The maximum absolute atomic E-state index is 12.2. The Bertz CT molecular complexity index is 713. The Morgan fingerprint density at radius 3 is 2.83 bits per heavy atom. The standard InChI is InChI=1S/C16H17N5O2/c1-4-15(20-21(2)3)19-16(22)14-10-12(7-9-18-14)23-13-6-5-8-17-11-13/h4-11H,1H2,2-3H3,(H,19,20,22). The second-order valence-corrected chi connectivity index (χ2v) is 4.66. The molecule has 0 spiro atoms. The van der Waals surface area contributed by atoms with E-state index < -0.39 is 5.91 Å². The Kier molecular flexibility index (Phi) is 5.40. The predicted octanol–water partition coefficient (Wildman–Crippen LogP) is 2.06. The minimum absolute atomic E-state index is 0.208. The maximum atomic E-state index is 12.2. The lowest BCUT2D eigenvalue weighted by Crippen LogP contribution is -2.31. The summed E-state index contributed by atoms with van der Waals surface area (Å²) < 4.78 is 5.62. The molecule has 0 bridgehead atoms. The molecule has 2 aromatic heterocycles. The molecule has 0 saturated carbocycles. The molecule has 0 aliphatic rings. The normalized spacial score (nSPS) is 10.8. The lowest BCUT2D eigenvalue weighted by atomic mass is 10.3. The highest BCUT2D eigenvalue weighted by molar-refractivity contribution is 6.09. The number of nitrogens with one attached hydrogen (secondary N) is 1. The molecule has 0 aliphatic carbocycles. The van der Waals surface area contributed by atoms with E-state index in [4.69, 9.17) is 4.74 Å². The number of carbonyl (C=O) groups is 1. The molecule has 0 atom stereocenters. The van der Waals surface area contributed by atoms with Crippen molar-refractivity contribution >= 4 is 11.7 Å².